The number of rotatable bonds is 4. The van der Waals surface area contributed by atoms with E-state index in [0.29, 0.717) is 18.4 Å². The molecule has 0 radical (unpaired) electrons. The van der Waals surface area contributed by atoms with E-state index in [1.54, 1.807) is 16.8 Å². The Morgan fingerprint density at radius 3 is 2.83 bits per heavy atom. The van der Waals surface area contributed by atoms with Gasteiger partial charge in [-0.3, -0.25) is 9.36 Å². The van der Waals surface area contributed by atoms with E-state index in [0.717, 1.165) is 24.2 Å². The van der Waals surface area contributed by atoms with Crippen LogP contribution in [0.4, 0.5) is 0 Å². The smallest absolute Gasteiger partial charge is 0.258 e. The van der Waals surface area contributed by atoms with E-state index in [9.17, 15) is 4.79 Å². The molecule has 29 heavy (non-hydrogen) atoms. The fourth-order valence-electron chi connectivity index (χ4n) is 3.98. The van der Waals surface area contributed by atoms with Crippen LogP contribution in [0.15, 0.2) is 71.7 Å². The van der Waals surface area contributed by atoms with Crippen LogP contribution in [0, 0.1) is 0 Å². The highest BCUT2D eigenvalue weighted by molar-refractivity contribution is 7.19. The summed E-state index contributed by atoms with van der Waals surface area (Å²) >= 11 is 1.85. The predicted octanol–water partition coefficient (Wildman–Crippen LogP) is 4.84. The van der Waals surface area contributed by atoms with Crippen LogP contribution in [-0.4, -0.2) is 11.1 Å². The van der Waals surface area contributed by atoms with Crippen LogP contribution < -0.4 is 15.6 Å². The van der Waals surface area contributed by atoms with Gasteiger partial charge in [-0.25, -0.2) is 0 Å². The van der Waals surface area contributed by atoms with Crippen molar-refractivity contribution in [3.05, 3.63) is 93.2 Å². The van der Waals surface area contributed by atoms with Crippen LogP contribution in [0.1, 0.15) is 29.0 Å². The molecule has 2 aromatic carbocycles. The molecule has 0 saturated carbocycles. The Hall–Kier alpha value is -2.89. The summed E-state index contributed by atoms with van der Waals surface area (Å²) < 4.78 is 8.69. The molecule has 0 bridgehead atoms. The lowest BCUT2D eigenvalue weighted by atomic mass is 9.99. The second kappa shape index (κ2) is 7.50. The Kier molecular flexibility index (Phi) is 4.70. The monoisotopic (exact) mass is 402 g/mol. The third-order valence-corrected chi connectivity index (χ3v) is 6.67. The van der Waals surface area contributed by atoms with Gasteiger partial charge in [-0.15, -0.1) is 11.3 Å². The number of hydrogen-bond donors (Lipinski definition) is 1. The molecule has 1 N–H and O–H groups in total. The molecule has 5 heteroatoms. The quantitative estimate of drug-likeness (QED) is 0.531. The summed E-state index contributed by atoms with van der Waals surface area (Å²) in [5, 5.41) is 4.84. The average molecular weight is 403 g/mol. The van der Waals surface area contributed by atoms with Crippen molar-refractivity contribution in [1.29, 1.82) is 0 Å². The first-order valence-electron chi connectivity index (χ1n) is 9.87. The summed E-state index contributed by atoms with van der Waals surface area (Å²) in [6, 6.07) is 20.0. The molecule has 4 aromatic rings. The number of pyridine rings is 1. The maximum absolute atomic E-state index is 12.7. The van der Waals surface area contributed by atoms with E-state index < -0.39 is 0 Å². The summed E-state index contributed by atoms with van der Waals surface area (Å²) in [6.07, 6.45) is 2.86. The molecular formula is C24H22N2O2S. The molecule has 1 unspecified atom stereocenters. The van der Waals surface area contributed by atoms with E-state index >= 15 is 0 Å². The van der Waals surface area contributed by atoms with Gasteiger partial charge in [0.25, 0.3) is 5.56 Å². The van der Waals surface area contributed by atoms with E-state index in [4.69, 9.17) is 4.74 Å². The molecular weight excluding hydrogens is 380 g/mol. The molecule has 0 saturated heterocycles. The number of benzene rings is 2. The molecule has 4 nitrogen and oxygen atoms in total. The van der Waals surface area contributed by atoms with Crippen LogP contribution in [-0.2, 0) is 13.0 Å². The zero-order chi connectivity index (χ0) is 19.8. The number of aromatic nitrogens is 1. The van der Waals surface area contributed by atoms with Gasteiger partial charge in [0.05, 0.1) is 5.69 Å². The van der Waals surface area contributed by atoms with E-state index in [-0.39, 0.29) is 5.56 Å². The lowest BCUT2D eigenvalue weighted by molar-refractivity contribution is 0.305. The number of nitrogens with zero attached hydrogens (tertiary/aromatic N) is 1. The predicted molar refractivity (Wildman–Crippen MR) is 118 cm³/mol. The number of ether oxygens (including phenoxy) is 1. The van der Waals surface area contributed by atoms with E-state index in [1.807, 2.05) is 53.8 Å². The van der Waals surface area contributed by atoms with Crippen molar-refractivity contribution in [3.8, 4) is 11.4 Å². The van der Waals surface area contributed by atoms with Gasteiger partial charge in [-0.2, -0.15) is 0 Å². The SMILES string of the molecule is CC1NCCc2sc3cc(-n4ccc(OCc5ccccc5)cc4=O)ccc3c21. The summed E-state index contributed by atoms with van der Waals surface area (Å²) in [5.74, 6) is 0.586. The minimum absolute atomic E-state index is 0.0914. The van der Waals surface area contributed by atoms with Crippen molar-refractivity contribution in [2.45, 2.75) is 26.0 Å². The van der Waals surface area contributed by atoms with Gasteiger partial charge in [0.15, 0.2) is 0 Å². The average Bonchev–Trinajstić information content (AvgIpc) is 3.12. The third-order valence-electron chi connectivity index (χ3n) is 5.44. The van der Waals surface area contributed by atoms with Gasteiger partial charge in [-0.1, -0.05) is 36.4 Å². The Bertz CT molecular complexity index is 1230. The molecule has 1 aliphatic heterocycles. The molecule has 3 heterocycles. The highest BCUT2D eigenvalue weighted by Gasteiger charge is 2.21. The van der Waals surface area contributed by atoms with Crippen LogP contribution in [0.3, 0.4) is 0 Å². The second-order valence-electron chi connectivity index (χ2n) is 7.39. The van der Waals surface area contributed by atoms with Crippen molar-refractivity contribution in [1.82, 2.24) is 9.88 Å². The Labute approximate surface area is 173 Å². The molecule has 0 amide bonds. The van der Waals surface area contributed by atoms with Crippen molar-refractivity contribution >= 4 is 21.4 Å². The highest BCUT2D eigenvalue weighted by Crippen LogP contribution is 2.38. The summed E-state index contributed by atoms with van der Waals surface area (Å²) in [7, 11) is 0. The minimum atomic E-state index is -0.0914. The summed E-state index contributed by atoms with van der Waals surface area (Å²) in [5.41, 5.74) is 3.29. The molecule has 0 aliphatic carbocycles. The molecule has 0 spiro atoms. The number of nitrogens with one attached hydrogen (secondary N) is 1. The van der Waals surface area contributed by atoms with Crippen LogP contribution in [0.5, 0.6) is 5.75 Å². The lowest BCUT2D eigenvalue weighted by Crippen LogP contribution is -2.26. The minimum Gasteiger partial charge on any atom is -0.489 e. The number of fused-ring (bicyclic) bond motifs is 3. The van der Waals surface area contributed by atoms with E-state index in [2.05, 4.69) is 24.4 Å². The molecule has 146 valence electrons. The zero-order valence-corrected chi connectivity index (χ0v) is 17.0. The number of hydrogen-bond acceptors (Lipinski definition) is 4. The highest BCUT2D eigenvalue weighted by atomic mass is 32.1. The normalized spacial score (nSPS) is 16.0. The zero-order valence-electron chi connectivity index (χ0n) is 16.2. The van der Waals surface area contributed by atoms with Crippen molar-refractivity contribution in [2.24, 2.45) is 0 Å². The van der Waals surface area contributed by atoms with Gasteiger partial charge in [-0.05, 0) is 48.1 Å². The van der Waals surface area contributed by atoms with Crippen LogP contribution in [0.25, 0.3) is 15.8 Å². The van der Waals surface area contributed by atoms with Crippen molar-refractivity contribution < 1.29 is 4.74 Å². The molecule has 5 rings (SSSR count). The third kappa shape index (κ3) is 3.48. The fourth-order valence-corrected chi connectivity index (χ4v) is 5.31. The topological polar surface area (TPSA) is 43.3 Å². The van der Waals surface area contributed by atoms with Crippen molar-refractivity contribution in [3.63, 3.8) is 0 Å². The molecule has 2 aromatic heterocycles. The van der Waals surface area contributed by atoms with Gasteiger partial charge in [0, 0.05) is 34.4 Å². The Balaban J connectivity index is 1.43. The van der Waals surface area contributed by atoms with Crippen LogP contribution in [0.2, 0.25) is 0 Å². The molecule has 1 aliphatic rings. The Morgan fingerprint density at radius 2 is 2.00 bits per heavy atom. The van der Waals surface area contributed by atoms with Gasteiger partial charge in [0.1, 0.15) is 12.4 Å². The van der Waals surface area contributed by atoms with Gasteiger partial charge >= 0.3 is 0 Å². The van der Waals surface area contributed by atoms with Crippen LogP contribution >= 0.6 is 11.3 Å². The summed E-state index contributed by atoms with van der Waals surface area (Å²) in [6.45, 7) is 3.69. The fraction of sp³-hybridized carbons (Fsp3) is 0.208. The Morgan fingerprint density at radius 1 is 1.14 bits per heavy atom. The lowest BCUT2D eigenvalue weighted by Gasteiger charge is -2.20. The van der Waals surface area contributed by atoms with Gasteiger partial charge in [0.2, 0.25) is 0 Å². The van der Waals surface area contributed by atoms with Gasteiger partial charge < -0.3 is 10.1 Å². The summed E-state index contributed by atoms with van der Waals surface area (Å²) in [4.78, 5) is 14.2. The van der Waals surface area contributed by atoms with E-state index in [1.165, 1.54) is 20.5 Å². The molecule has 0 fully saturated rings. The standard InChI is InChI=1S/C24H22N2O2S/c1-16-24-20-8-7-18(13-22(20)29-21(24)9-11-25-16)26-12-10-19(14-23(26)27)28-15-17-5-3-2-4-6-17/h2-8,10,12-14,16,25H,9,11,15H2,1H3. The first-order valence-corrected chi connectivity index (χ1v) is 10.7. The second-order valence-corrected chi connectivity index (χ2v) is 8.53. The molecule has 1 atom stereocenters. The largest absolute Gasteiger partial charge is 0.489 e. The van der Waals surface area contributed by atoms with Crippen molar-refractivity contribution in [2.75, 3.05) is 6.54 Å². The number of thiophene rings is 1. The maximum atomic E-state index is 12.7. The first-order chi connectivity index (χ1) is 14.2. The maximum Gasteiger partial charge on any atom is 0.258 e. The first kappa shape index (κ1) is 18.2.